The van der Waals surface area contributed by atoms with Gasteiger partial charge in [0.25, 0.3) is 5.91 Å². The maximum absolute atomic E-state index is 13.8. The molecule has 1 aromatic heterocycles. The first kappa shape index (κ1) is 14.0. The monoisotopic (exact) mass is 273 g/mol. The largest absolute Gasteiger partial charge is 0.397 e. The average Bonchev–Trinajstić information content (AvgIpc) is 2.38. The lowest BCUT2D eigenvalue weighted by atomic mass is 9.93. The van der Waals surface area contributed by atoms with Gasteiger partial charge < -0.3 is 11.1 Å². The third-order valence-electron chi connectivity index (χ3n) is 2.99. The summed E-state index contributed by atoms with van der Waals surface area (Å²) in [4.78, 5) is 16.0. The number of anilines is 1. The first-order chi connectivity index (χ1) is 9.40. The molecule has 4 nitrogen and oxygen atoms in total. The van der Waals surface area contributed by atoms with E-state index in [9.17, 15) is 9.18 Å². The summed E-state index contributed by atoms with van der Waals surface area (Å²) >= 11 is 0. The van der Waals surface area contributed by atoms with E-state index in [0.29, 0.717) is 16.8 Å². The number of rotatable bonds is 3. The first-order valence-corrected chi connectivity index (χ1v) is 6.18. The average molecular weight is 273 g/mol. The normalized spacial score (nSPS) is 11.2. The van der Waals surface area contributed by atoms with Crippen LogP contribution in [0.1, 0.15) is 29.8 Å². The molecule has 3 N–H and O–H groups in total. The molecule has 104 valence electrons. The molecule has 0 fully saturated rings. The Morgan fingerprint density at radius 2 is 2.00 bits per heavy atom. The van der Waals surface area contributed by atoms with Crippen molar-refractivity contribution >= 4 is 11.6 Å². The number of nitrogens with zero attached hydrogens (tertiary/aromatic N) is 1. The second kappa shape index (κ2) is 5.28. The summed E-state index contributed by atoms with van der Waals surface area (Å²) in [6.07, 6.45) is 2.88. The Bertz CT molecular complexity index is 641. The number of amides is 1. The van der Waals surface area contributed by atoms with Gasteiger partial charge in [0.05, 0.1) is 16.8 Å². The molecular weight excluding hydrogens is 257 g/mol. The second-order valence-corrected chi connectivity index (χ2v) is 5.07. The van der Waals surface area contributed by atoms with E-state index < -0.39 is 5.54 Å². The molecule has 0 aliphatic heterocycles. The number of hydrogen-bond acceptors (Lipinski definition) is 3. The Kier molecular flexibility index (Phi) is 3.70. The molecule has 1 aromatic carbocycles. The van der Waals surface area contributed by atoms with Gasteiger partial charge in [-0.3, -0.25) is 9.78 Å². The minimum atomic E-state index is -0.840. The van der Waals surface area contributed by atoms with Crippen molar-refractivity contribution in [3.05, 3.63) is 59.7 Å². The maximum atomic E-state index is 13.8. The van der Waals surface area contributed by atoms with Gasteiger partial charge in [-0.15, -0.1) is 0 Å². The van der Waals surface area contributed by atoms with Gasteiger partial charge in [0.2, 0.25) is 0 Å². The van der Waals surface area contributed by atoms with E-state index in [0.717, 1.165) is 0 Å². The van der Waals surface area contributed by atoms with Crippen molar-refractivity contribution in [2.24, 2.45) is 0 Å². The van der Waals surface area contributed by atoms with Gasteiger partial charge in [-0.2, -0.15) is 0 Å². The molecule has 1 heterocycles. The van der Waals surface area contributed by atoms with Gasteiger partial charge >= 0.3 is 0 Å². The van der Waals surface area contributed by atoms with Crippen LogP contribution in [0, 0.1) is 5.82 Å². The van der Waals surface area contributed by atoms with E-state index in [-0.39, 0.29) is 11.7 Å². The predicted molar refractivity (Wildman–Crippen MR) is 75.5 cm³/mol. The fourth-order valence-corrected chi connectivity index (χ4v) is 1.97. The van der Waals surface area contributed by atoms with Crippen LogP contribution in [0.4, 0.5) is 10.1 Å². The number of pyridine rings is 1. The SMILES string of the molecule is CC(C)(NC(=O)c1cncc(N)c1)c1ccccc1F. The van der Waals surface area contributed by atoms with E-state index in [4.69, 9.17) is 5.73 Å². The number of nitrogens with one attached hydrogen (secondary N) is 1. The smallest absolute Gasteiger partial charge is 0.253 e. The highest BCUT2D eigenvalue weighted by molar-refractivity contribution is 5.95. The summed E-state index contributed by atoms with van der Waals surface area (Å²) in [6.45, 7) is 3.48. The van der Waals surface area contributed by atoms with E-state index in [1.165, 1.54) is 24.5 Å². The van der Waals surface area contributed by atoms with Gasteiger partial charge in [-0.25, -0.2) is 4.39 Å². The molecule has 0 atom stereocenters. The highest BCUT2D eigenvalue weighted by Gasteiger charge is 2.26. The van der Waals surface area contributed by atoms with Crippen LogP contribution in [0.5, 0.6) is 0 Å². The van der Waals surface area contributed by atoms with E-state index >= 15 is 0 Å². The molecule has 20 heavy (non-hydrogen) atoms. The zero-order chi connectivity index (χ0) is 14.8. The molecule has 5 heteroatoms. The van der Waals surface area contributed by atoms with Crippen LogP contribution in [0.2, 0.25) is 0 Å². The lowest BCUT2D eigenvalue weighted by Gasteiger charge is -2.27. The highest BCUT2D eigenvalue weighted by atomic mass is 19.1. The van der Waals surface area contributed by atoms with Crippen molar-refractivity contribution in [1.29, 1.82) is 0 Å². The minimum absolute atomic E-state index is 0.342. The minimum Gasteiger partial charge on any atom is -0.397 e. The van der Waals surface area contributed by atoms with Crippen molar-refractivity contribution in [2.45, 2.75) is 19.4 Å². The molecule has 2 rings (SSSR count). The predicted octanol–water partition coefficient (Wildman–Crippen LogP) is 2.47. The zero-order valence-corrected chi connectivity index (χ0v) is 11.4. The molecular formula is C15H16FN3O. The fourth-order valence-electron chi connectivity index (χ4n) is 1.97. The van der Waals surface area contributed by atoms with Gasteiger partial charge in [-0.05, 0) is 26.0 Å². The van der Waals surface area contributed by atoms with Gasteiger partial charge in [0.15, 0.2) is 0 Å². The third-order valence-corrected chi connectivity index (χ3v) is 2.99. The van der Waals surface area contributed by atoms with Crippen molar-refractivity contribution in [2.75, 3.05) is 5.73 Å². The number of aromatic nitrogens is 1. The van der Waals surface area contributed by atoms with Gasteiger partial charge in [0, 0.05) is 18.0 Å². The maximum Gasteiger partial charge on any atom is 0.253 e. The molecule has 0 aliphatic rings. The first-order valence-electron chi connectivity index (χ1n) is 6.18. The Hall–Kier alpha value is -2.43. The molecule has 1 amide bonds. The number of carbonyl (C=O) groups excluding carboxylic acids is 1. The topological polar surface area (TPSA) is 68.0 Å². The number of nitrogens with two attached hydrogens (primary N) is 1. The van der Waals surface area contributed by atoms with Crippen LogP contribution in [0.3, 0.4) is 0 Å². The molecule has 0 saturated heterocycles. The molecule has 0 spiro atoms. The van der Waals surface area contributed by atoms with Crippen molar-refractivity contribution < 1.29 is 9.18 Å². The Labute approximate surface area is 116 Å². The summed E-state index contributed by atoms with van der Waals surface area (Å²) in [5.41, 5.74) is 5.92. The van der Waals surface area contributed by atoms with Crippen LogP contribution in [-0.4, -0.2) is 10.9 Å². The quantitative estimate of drug-likeness (QED) is 0.902. The van der Waals surface area contributed by atoms with E-state index in [2.05, 4.69) is 10.3 Å². The Morgan fingerprint density at radius 1 is 1.30 bits per heavy atom. The molecule has 0 unspecified atom stereocenters. The van der Waals surface area contributed by atoms with Gasteiger partial charge in [-0.1, -0.05) is 18.2 Å². The summed E-state index contributed by atoms with van der Waals surface area (Å²) in [5, 5.41) is 2.78. The fraction of sp³-hybridized carbons (Fsp3) is 0.200. The highest BCUT2D eigenvalue weighted by Crippen LogP contribution is 2.23. The van der Waals surface area contributed by atoms with Gasteiger partial charge in [0.1, 0.15) is 5.82 Å². The zero-order valence-electron chi connectivity index (χ0n) is 11.4. The Balaban J connectivity index is 2.24. The summed E-state index contributed by atoms with van der Waals surface area (Å²) < 4.78 is 13.8. The summed E-state index contributed by atoms with van der Waals surface area (Å²) in [6, 6.07) is 7.88. The van der Waals surface area contributed by atoms with Crippen LogP contribution in [0.25, 0.3) is 0 Å². The standard InChI is InChI=1S/C15H16FN3O/c1-15(2,12-5-3-4-6-13(12)16)19-14(20)10-7-11(17)9-18-8-10/h3-9H,17H2,1-2H3,(H,19,20). The van der Waals surface area contributed by atoms with Crippen LogP contribution in [-0.2, 0) is 5.54 Å². The molecule has 2 aromatic rings. The molecule has 0 aliphatic carbocycles. The lowest BCUT2D eigenvalue weighted by Crippen LogP contribution is -2.41. The lowest BCUT2D eigenvalue weighted by molar-refractivity contribution is 0.0910. The number of benzene rings is 1. The molecule has 0 radical (unpaired) electrons. The van der Waals surface area contributed by atoms with Crippen LogP contribution in [0.15, 0.2) is 42.7 Å². The molecule has 0 saturated carbocycles. The van der Waals surface area contributed by atoms with Crippen LogP contribution < -0.4 is 11.1 Å². The van der Waals surface area contributed by atoms with Crippen molar-refractivity contribution in [3.63, 3.8) is 0 Å². The number of halogens is 1. The molecule has 0 bridgehead atoms. The second-order valence-electron chi connectivity index (χ2n) is 5.07. The van der Waals surface area contributed by atoms with E-state index in [1.54, 1.807) is 32.0 Å². The number of nitrogen functional groups attached to an aromatic ring is 1. The van der Waals surface area contributed by atoms with Crippen LogP contribution >= 0.6 is 0 Å². The van der Waals surface area contributed by atoms with Crippen molar-refractivity contribution in [1.82, 2.24) is 10.3 Å². The number of hydrogen-bond donors (Lipinski definition) is 2. The summed E-state index contributed by atoms with van der Waals surface area (Å²) in [5.74, 6) is -0.707. The van der Waals surface area contributed by atoms with Crippen molar-refractivity contribution in [3.8, 4) is 0 Å². The third kappa shape index (κ3) is 2.93. The summed E-state index contributed by atoms with van der Waals surface area (Å²) in [7, 11) is 0. The Morgan fingerprint density at radius 3 is 2.65 bits per heavy atom. The number of carbonyl (C=O) groups is 1. The van der Waals surface area contributed by atoms with E-state index in [1.807, 2.05) is 0 Å².